The highest BCUT2D eigenvalue weighted by Crippen LogP contribution is 2.39. The molecule has 26 heavy (non-hydrogen) atoms. The van der Waals surface area contributed by atoms with Gasteiger partial charge in [-0.15, -0.1) is 0 Å². The summed E-state index contributed by atoms with van der Waals surface area (Å²) in [6.45, 7) is 0. The van der Waals surface area contributed by atoms with E-state index in [1.807, 2.05) is 0 Å². The molecule has 8 heteroatoms. The smallest absolute Gasteiger partial charge is 0.295 e. The highest BCUT2D eigenvalue weighted by molar-refractivity contribution is 9.10. The third kappa shape index (κ3) is 2.99. The minimum absolute atomic E-state index is 0.0969. The number of hydrogen-bond acceptors (Lipinski definition) is 5. The van der Waals surface area contributed by atoms with Crippen LogP contribution in [-0.4, -0.2) is 33.7 Å². The van der Waals surface area contributed by atoms with Gasteiger partial charge in [-0.3, -0.25) is 19.7 Å². The van der Waals surface area contributed by atoms with Gasteiger partial charge in [0.25, 0.3) is 17.4 Å². The first kappa shape index (κ1) is 17.8. The van der Waals surface area contributed by atoms with E-state index < -0.39 is 22.7 Å². The highest BCUT2D eigenvalue weighted by atomic mass is 79.9. The van der Waals surface area contributed by atoms with Crippen LogP contribution in [0.3, 0.4) is 0 Å². The third-order valence-electron chi connectivity index (χ3n) is 4.19. The van der Waals surface area contributed by atoms with Gasteiger partial charge in [0.15, 0.2) is 0 Å². The number of likely N-dealkylation sites (tertiary alicyclic amines) is 1. The van der Waals surface area contributed by atoms with Gasteiger partial charge in [0.05, 0.1) is 16.5 Å². The number of nitro groups is 1. The van der Waals surface area contributed by atoms with Crippen molar-refractivity contribution >= 4 is 39.1 Å². The van der Waals surface area contributed by atoms with Crippen molar-refractivity contribution in [2.75, 3.05) is 7.05 Å². The number of hydrogen-bond donors (Lipinski definition) is 1. The lowest BCUT2D eigenvalue weighted by atomic mass is 9.95. The lowest BCUT2D eigenvalue weighted by Crippen LogP contribution is -2.24. The van der Waals surface area contributed by atoms with E-state index in [0.29, 0.717) is 11.1 Å². The van der Waals surface area contributed by atoms with E-state index in [-0.39, 0.29) is 17.0 Å². The maximum Gasteiger partial charge on any atom is 0.295 e. The van der Waals surface area contributed by atoms with Crippen LogP contribution in [-0.2, 0) is 9.59 Å². The molecule has 7 nitrogen and oxygen atoms in total. The van der Waals surface area contributed by atoms with E-state index in [1.165, 1.54) is 30.1 Å². The largest absolute Gasteiger partial charge is 0.507 e. The standard InChI is InChI=1S/C18H13BrN2O5/c1-20-15(11-3-2-4-13(9-11)21(25)26)14(17(23)18(20)24)16(22)10-5-7-12(19)8-6-10/h2-9,15,22H,1H3. The van der Waals surface area contributed by atoms with Crippen LogP contribution >= 0.6 is 15.9 Å². The summed E-state index contributed by atoms with van der Waals surface area (Å²) in [5, 5.41) is 21.7. The molecule has 1 aliphatic heterocycles. The zero-order valence-corrected chi connectivity index (χ0v) is 15.1. The zero-order chi connectivity index (χ0) is 19.0. The maximum absolute atomic E-state index is 12.4. The lowest BCUT2D eigenvalue weighted by Gasteiger charge is -2.20. The molecule has 0 bridgehead atoms. The number of halogens is 1. The van der Waals surface area contributed by atoms with E-state index in [0.717, 1.165) is 4.47 Å². The molecular formula is C18H13BrN2O5. The predicted octanol–water partition coefficient (Wildman–Crippen LogP) is 3.41. The van der Waals surface area contributed by atoms with Crippen molar-refractivity contribution in [3.63, 3.8) is 0 Å². The van der Waals surface area contributed by atoms with Gasteiger partial charge in [-0.1, -0.05) is 40.2 Å². The van der Waals surface area contributed by atoms with Gasteiger partial charge in [0.1, 0.15) is 5.76 Å². The number of likely N-dealkylation sites (N-methyl/N-ethyl adjacent to an activating group) is 1. The fraction of sp³-hybridized carbons (Fsp3) is 0.111. The molecule has 1 heterocycles. The van der Waals surface area contributed by atoms with Crippen molar-refractivity contribution in [2.24, 2.45) is 0 Å². The van der Waals surface area contributed by atoms with Gasteiger partial charge in [0, 0.05) is 29.2 Å². The van der Waals surface area contributed by atoms with E-state index in [4.69, 9.17) is 0 Å². The van der Waals surface area contributed by atoms with Crippen LogP contribution in [0.2, 0.25) is 0 Å². The Morgan fingerprint density at radius 2 is 1.85 bits per heavy atom. The minimum Gasteiger partial charge on any atom is -0.507 e. The number of benzene rings is 2. The number of aliphatic hydroxyl groups is 1. The zero-order valence-electron chi connectivity index (χ0n) is 13.5. The van der Waals surface area contributed by atoms with Gasteiger partial charge < -0.3 is 10.0 Å². The third-order valence-corrected chi connectivity index (χ3v) is 4.72. The van der Waals surface area contributed by atoms with Gasteiger partial charge in [-0.2, -0.15) is 0 Å². The molecule has 1 unspecified atom stereocenters. The fourth-order valence-electron chi connectivity index (χ4n) is 2.91. The molecule has 2 aromatic carbocycles. The summed E-state index contributed by atoms with van der Waals surface area (Å²) in [5.41, 5.74) is 0.486. The quantitative estimate of drug-likeness (QED) is 0.271. The number of aliphatic hydroxyl groups excluding tert-OH is 1. The number of amides is 1. The van der Waals surface area contributed by atoms with Crippen LogP contribution in [0.15, 0.2) is 58.6 Å². The van der Waals surface area contributed by atoms with Crippen molar-refractivity contribution in [3.05, 3.63) is 79.8 Å². The summed E-state index contributed by atoms with van der Waals surface area (Å²) in [7, 11) is 1.42. The van der Waals surface area contributed by atoms with Gasteiger partial charge in [0.2, 0.25) is 0 Å². The fourth-order valence-corrected chi connectivity index (χ4v) is 3.17. The van der Waals surface area contributed by atoms with Crippen LogP contribution in [0.25, 0.3) is 5.76 Å². The first-order valence-corrected chi connectivity index (χ1v) is 8.35. The Morgan fingerprint density at radius 1 is 1.19 bits per heavy atom. The molecule has 1 N–H and O–H groups in total. The van der Waals surface area contributed by atoms with Crippen molar-refractivity contribution < 1.29 is 19.6 Å². The average Bonchev–Trinajstić information content (AvgIpc) is 2.86. The molecule has 3 rings (SSSR count). The summed E-state index contributed by atoms with van der Waals surface area (Å²) < 4.78 is 0.792. The van der Waals surface area contributed by atoms with Crippen molar-refractivity contribution in [2.45, 2.75) is 6.04 Å². The first-order chi connectivity index (χ1) is 12.3. The van der Waals surface area contributed by atoms with Gasteiger partial charge in [-0.25, -0.2) is 0 Å². The molecule has 0 saturated carbocycles. The van der Waals surface area contributed by atoms with Crippen LogP contribution in [0.4, 0.5) is 5.69 Å². The number of Topliss-reactive ketones (excluding diaryl/α,β-unsaturated/α-hetero) is 1. The molecule has 1 saturated heterocycles. The number of ketones is 1. The second-order valence-corrected chi connectivity index (χ2v) is 6.68. The van der Waals surface area contributed by atoms with Crippen molar-refractivity contribution in [3.8, 4) is 0 Å². The molecule has 1 aliphatic rings. The van der Waals surface area contributed by atoms with E-state index in [1.54, 1.807) is 30.3 Å². The van der Waals surface area contributed by atoms with Crippen LogP contribution in [0.5, 0.6) is 0 Å². The highest BCUT2D eigenvalue weighted by Gasteiger charge is 2.44. The molecule has 0 radical (unpaired) electrons. The summed E-state index contributed by atoms with van der Waals surface area (Å²) in [5.74, 6) is -1.93. The van der Waals surface area contributed by atoms with Crippen LogP contribution < -0.4 is 0 Å². The summed E-state index contributed by atoms with van der Waals surface area (Å²) in [6.07, 6.45) is 0. The Kier molecular flexibility index (Phi) is 4.60. The van der Waals surface area contributed by atoms with E-state index >= 15 is 0 Å². The summed E-state index contributed by atoms with van der Waals surface area (Å²) in [4.78, 5) is 36.3. The Hall–Kier alpha value is -3.00. The number of carbonyl (C=O) groups excluding carboxylic acids is 2. The molecule has 132 valence electrons. The first-order valence-electron chi connectivity index (χ1n) is 7.56. The molecule has 0 spiro atoms. The summed E-state index contributed by atoms with van der Waals surface area (Å²) >= 11 is 3.29. The lowest BCUT2D eigenvalue weighted by molar-refractivity contribution is -0.384. The topological polar surface area (TPSA) is 101 Å². The predicted molar refractivity (Wildman–Crippen MR) is 97.3 cm³/mol. The Balaban J connectivity index is 2.18. The number of nitro benzene ring substituents is 1. The number of rotatable bonds is 3. The second-order valence-electron chi connectivity index (χ2n) is 5.77. The Morgan fingerprint density at radius 3 is 2.46 bits per heavy atom. The van der Waals surface area contributed by atoms with Crippen molar-refractivity contribution in [1.82, 2.24) is 4.90 Å². The van der Waals surface area contributed by atoms with E-state index in [2.05, 4.69) is 15.9 Å². The maximum atomic E-state index is 12.4. The number of carbonyl (C=O) groups is 2. The van der Waals surface area contributed by atoms with Crippen LogP contribution in [0.1, 0.15) is 17.2 Å². The average molecular weight is 417 g/mol. The molecular weight excluding hydrogens is 404 g/mol. The van der Waals surface area contributed by atoms with Gasteiger partial charge >= 0.3 is 0 Å². The SMILES string of the molecule is CN1C(=O)C(=O)C(=C(O)c2ccc(Br)cc2)C1c1cccc([N+](=O)[O-])c1. The monoisotopic (exact) mass is 416 g/mol. The molecule has 1 atom stereocenters. The Labute approximate surface area is 156 Å². The Bertz CT molecular complexity index is 952. The normalized spacial score (nSPS) is 19.0. The van der Waals surface area contributed by atoms with Gasteiger partial charge in [-0.05, 0) is 17.7 Å². The number of non-ortho nitro benzene ring substituents is 1. The van der Waals surface area contributed by atoms with Crippen molar-refractivity contribution in [1.29, 1.82) is 0 Å². The van der Waals surface area contributed by atoms with Crippen LogP contribution in [0, 0.1) is 10.1 Å². The van der Waals surface area contributed by atoms with E-state index in [9.17, 15) is 24.8 Å². The molecule has 1 amide bonds. The molecule has 1 fully saturated rings. The molecule has 2 aromatic rings. The molecule has 0 aliphatic carbocycles. The molecule has 0 aromatic heterocycles. The second kappa shape index (κ2) is 6.72. The summed E-state index contributed by atoms with van der Waals surface area (Å²) in [6, 6.07) is 11.4. The minimum atomic E-state index is -0.904. The number of nitrogens with zero attached hydrogens (tertiary/aromatic N) is 2.